The molecule has 0 saturated heterocycles. The molecule has 2 nitrogen and oxygen atoms in total. The summed E-state index contributed by atoms with van der Waals surface area (Å²) in [5.41, 5.74) is 0. The second kappa shape index (κ2) is 4.77. The fraction of sp³-hybridized carbons (Fsp3) is 1.00. The molecule has 0 spiro atoms. The Balaban J connectivity index is 3.06. The van der Waals surface area contributed by atoms with Crippen molar-refractivity contribution in [1.82, 2.24) is 0 Å². The van der Waals surface area contributed by atoms with E-state index in [0.717, 1.165) is 6.42 Å². The predicted molar refractivity (Wildman–Crippen MR) is 37.4 cm³/mol. The molecule has 9 heavy (non-hydrogen) atoms. The summed E-state index contributed by atoms with van der Waals surface area (Å²) >= 11 is 0. The molecule has 0 aromatic heterocycles. The lowest BCUT2D eigenvalue weighted by Gasteiger charge is -2.10. The molecule has 1 N–H and O–H groups in total. The molecule has 0 bridgehead atoms. The standard InChI is InChI=1S/C7H16O2/c1-4-7(8)5-9-6(2)3/h6-8H,4-5H2,1-3H3. The normalized spacial score (nSPS) is 14.3. The van der Waals surface area contributed by atoms with Gasteiger partial charge in [0.05, 0.1) is 18.8 Å². The van der Waals surface area contributed by atoms with Gasteiger partial charge in [-0.15, -0.1) is 0 Å². The van der Waals surface area contributed by atoms with E-state index in [1.165, 1.54) is 0 Å². The van der Waals surface area contributed by atoms with Crippen LogP contribution in [-0.2, 0) is 4.74 Å². The number of aliphatic hydroxyl groups excluding tert-OH is 1. The largest absolute Gasteiger partial charge is 0.391 e. The van der Waals surface area contributed by atoms with Crippen LogP contribution in [0.2, 0.25) is 0 Å². The highest BCUT2D eigenvalue weighted by molar-refractivity contribution is 4.49. The maximum Gasteiger partial charge on any atom is 0.0771 e. The van der Waals surface area contributed by atoms with E-state index in [-0.39, 0.29) is 12.2 Å². The van der Waals surface area contributed by atoms with Crippen molar-refractivity contribution < 1.29 is 9.84 Å². The Labute approximate surface area is 56.8 Å². The van der Waals surface area contributed by atoms with E-state index in [1.54, 1.807) is 0 Å². The quantitative estimate of drug-likeness (QED) is 0.622. The molecule has 0 aliphatic heterocycles. The SMILES string of the molecule is CCC(O)COC(C)C. The number of rotatable bonds is 4. The van der Waals surface area contributed by atoms with Gasteiger partial charge in [0.25, 0.3) is 0 Å². The van der Waals surface area contributed by atoms with Crippen LogP contribution in [0.15, 0.2) is 0 Å². The topological polar surface area (TPSA) is 29.5 Å². The van der Waals surface area contributed by atoms with Gasteiger partial charge in [0.1, 0.15) is 0 Å². The molecule has 0 rings (SSSR count). The van der Waals surface area contributed by atoms with Crippen molar-refractivity contribution >= 4 is 0 Å². The van der Waals surface area contributed by atoms with E-state index in [4.69, 9.17) is 9.84 Å². The smallest absolute Gasteiger partial charge is 0.0771 e. The van der Waals surface area contributed by atoms with Crippen LogP contribution in [0.5, 0.6) is 0 Å². The lowest BCUT2D eigenvalue weighted by atomic mass is 10.3. The van der Waals surface area contributed by atoms with Crippen molar-refractivity contribution in [3.63, 3.8) is 0 Å². The fourth-order valence-corrected chi connectivity index (χ4v) is 0.421. The van der Waals surface area contributed by atoms with Crippen molar-refractivity contribution in [2.45, 2.75) is 39.4 Å². The molecular weight excluding hydrogens is 116 g/mol. The summed E-state index contributed by atoms with van der Waals surface area (Å²) in [5.74, 6) is 0. The van der Waals surface area contributed by atoms with E-state index < -0.39 is 0 Å². The molecule has 0 aliphatic rings. The van der Waals surface area contributed by atoms with Crippen molar-refractivity contribution in [3.8, 4) is 0 Å². The van der Waals surface area contributed by atoms with E-state index in [2.05, 4.69) is 0 Å². The lowest BCUT2D eigenvalue weighted by Crippen LogP contribution is -2.16. The second-order valence-corrected chi connectivity index (χ2v) is 2.44. The highest BCUT2D eigenvalue weighted by Gasteiger charge is 2.00. The Bertz CT molecular complexity index is 61.9. The van der Waals surface area contributed by atoms with Crippen LogP contribution in [-0.4, -0.2) is 23.9 Å². The van der Waals surface area contributed by atoms with Crippen LogP contribution >= 0.6 is 0 Å². The zero-order valence-corrected chi connectivity index (χ0v) is 6.42. The Kier molecular flexibility index (Phi) is 4.72. The average Bonchev–Trinajstić information content (AvgIpc) is 1.83. The molecule has 0 saturated carbocycles. The minimum Gasteiger partial charge on any atom is -0.391 e. The van der Waals surface area contributed by atoms with Gasteiger partial charge < -0.3 is 9.84 Å². The van der Waals surface area contributed by atoms with Gasteiger partial charge in [0, 0.05) is 0 Å². The monoisotopic (exact) mass is 132 g/mol. The van der Waals surface area contributed by atoms with Crippen LogP contribution in [0.3, 0.4) is 0 Å². The van der Waals surface area contributed by atoms with E-state index in [9.17, 15) is 0 Å². The summed E-state index contributed by atoms with van der Waals surface area (Å²) in [6, 6.07) is 0. The molecular formula is C7H16O2. The van der Waals surface area contributed by atoms with Gasteiger partial charge in [0.2, 0.25) is 0 Å². The lowest BCUT2D eigenvalue weighted by molar-refractivity contribution is 0.00464. The summed E-state index contributed by atoms with van der Waals surface area (Å²) in [6.07, 6.45) is 0.714. The highest BCUT2D eigenvalue weighted by Crippen LogP contribution is 1.94. The summed E-state index contributed by atoms with van der Waals surface area (Å²) in [6.45, 7) is 6.33. The van der Waals surface area contributed by atoms with Gasteiger partial charge in [-0.2, -0.15) is 0 Å². The van der Waals surface area contributed by atoms with Crippen molar-refractivity contribution in [3.05, 3.63) is 0 Å². The molecule has 56 valence electrons. The molecule has 0 amide bonds. The molecule has 0 heterocycles. The second-order valence-electron chi connectivity index (χ2n) is 2.44. The third-order valence-corrected chi connectivity index (χ3v) is 1.09. The molecule has 0 fully saturated rings. The Morgan fingerprint density at radius 3 is 2.33 bits per heavy atom. The van der Waals surface area contributed by atoms with Crippen LogP contribution in [0.1, 0.15) is 27.2 Å². The average molecular weight is 132 g/mol. The van der Waals surface area contributed by atoms with Crippen LogP contribution in [0.25, 0.3) is 0 Å². The van der Waals surface area contributed by atoms with Crippen LogP contribution < -0.4 is 0 Å². The van der Waals surface area contributed by atoms with Gasteiger partial charge in [-0.25, -0.2) is 0 Å². The molecule has 0 aromatic carbocycles. The highest BCUT2D eigenvalue weighted by atomic mass is 16.5. The first kappa shape index (κ1) is 8.92. The van der Waals surface area contributed by atoms with Gasteiger partial charge in [-0.3, -0.25) is 0 Å². The zero-order valence-electron chi connectivity index (χ0n) is 6.42. The van der Waals surface area contributed by atoms with Crippen LogP contribution in [0.4, 0.5) is 0 Å². The minimum atomic E-state index is -0.285. The van der Waals surface area contributed by atoms with Crippen molar-refractivity contribution in [2.24, 2.45) is 0 Å². The van der Waals surface area contributed by atoms with Crippen molar-refractivity contribution in [1.29, 1.82) is 0 Å². The van der Waals surface area contributed by atoms with E-state index in [1.807, 2.05) is 20.8 Å². The molecule has 0 aliphatic carbocycles. The molecule has 1 unspecified atom stereocenters. The third-order valence-electron chi connectivity index (χ3n) is 1.09. The summed E-state index contributed by atoms with van der Waals surface area (Å²) in [5, 5.41) is 8.98. The first-order valence-corrected chi connectivity index (χ1v) is 3.46. The maximum atomic E-state index is 8.98. The molecule has 0 aromatic rings. The number of ether oxygens (including phenoxy) is 1. The summed E-state index contributed by atoms with van der Waals surface area (Å²) in [7, 11) is 0. The molecule has 0 radical (unpaired) electrons. The number of hydrogen-bond donors (Lipinski definition) is 1. The third kappa shape index (κ3) is 5.80. The van der Waals surface area contributed by atoms with Gasteiger partial charge in [0.15, 0.2) is 0 Å². The molecule has 1 atom stereocenters. The maximum absolute atomic E-state index is 8.98. The number of aliphatic hydroxyl groups is 1. The summed E-state index contributed by atoms with van der Waals surface area (Å²) < 4.78 is 5.14. The van der Waals surface area contributed by atoms with Crippen molar-refractivity contribution in [2.75, 3.05) is 6.61 Å². The summed E-state index contributed by atoms with van der Waals surface area (Å²) in [4.78, 5) is 0. The van der Waals surface area contributed by atoms with Gasteiger partial charge in [-0.1, -0.05) is 6.92 Å². The Morgan fingerprint density at radius 2 is 2.00 bits per heavy atom. The Morgan fingerprint density at radius 1 is 1.44 bits per heavy atom. The Hall–Kier alpha value is -0.0800. The fourth-order valence-electron chi connectivity index (χ4n) is 0.421. The van der Waals surface area contributed by atoms with E-state index >= 15 is 0 Å². The van der Waals surface area contributed by atoms with Crippen LogP contribution in [0, 0.1) is 0 Å². The van der Waals surface area contributed by atoms with Gasteiger partial charge in [-0.05, 0) is 20.3 Å². The first-order valence-electron chi connectivity index (χ1n) is 3.46. The first-order chi connectivity index (χ1) is 4.16. The molecule has 2 heteroatoms. The number of hydrogen-bond acceptors (Lipinski definition) is 2. The van der Waals surface area contributed by atoms with E-state index in [0.29, 0.717) is 6.61 Å². The zero-order chi connectivity index (χ0) is 7.28. The predicted octanol–water partition coefficient (Wildman–Crippen LogP) is 1.18. The van der Waals surface area contributed by atoms with Gasteiger partial charge >= 0.3 is 0 Å². The minimum absolute atomic E-state index is 0.228.